The van der Waals surface area contributed by atoms with E-state index in [9.17, 15) is 13.2 Å². The molecule has 9 heteroatoms. The van der Waals surface area contributed by atoms with Crippen molar-refractivity contribution in [2.75, 3.05) is 25.6 Å². The highest BCUT2D eigenvalue weighted by Crippen LogP contribution is 2.29. The van der Waals surface area contributed by atoms with Gasteiger partial charge in [0.15, 0.2) is 5.13 Å². The van der Waals surface area contributed by atoms with Crippen molar-refractivity contribution in [2.45, 2.75) is 11.8 Å². The highest BCUT2D eigenvalue weighted by atomic mass is 32.2. The number of aryl methyl sites for hydroxylation is 1. The SMILES string of the molecule is COC(=O)c1cnc(N(C)S(=O)(=O)c2ccc(OC)c(C)c2)s1. The second-order valence-corrected chi connectivity index (χ2v) is 7.58. The number of methoxy groups -OCH3 is 2. The van der Waals surface area contributed by atoms with Gasteiger partial charge in [-0.05, 0) is 30.7 Å². The minimum Gasteiger partial charge on any atom is -0.496 e. The summed E-state index contributed by atoms with van der Waals surface area (Å²) in [7, 11) is 0.371. The van der Waals surface area contributed by atoms with Crippen LogP contribution in [0.5, 0.6) is 5.75 Å². The summed E-state index contributed by atoms with van der Waals surface area (Å²) in [6, 6.07) is 4.59. The lowest BCUT2D eigenvalue weighted by Gasteiger charge is -2.17. The van der Waals surface area contributed by atoms with Crippen molar-refractivity contribution in [2.24, 2.45) is 0 Å². The van der Waals surface area contributed by atoms with Gasteiger partial charge in [0.1, 0.15) is 10.6 Å². The van der Waals surface area contributed by atoms with Crippen LogP contribution in [0.2, 0.25) is 0 Å². The monoisotopic (exact) mass is 356 g/mol. The molecule has 0 fully saturated rings. The third kappa shape index (κ3) is 3.30. The number of hydrogen-bond acceptors (Lipinski definition) is 7. The fraction of sp³-hybridized carbons (Fsp3) is 0.286. The number of anilines is 1. The number of carbonyl (C=O) groups is 1. The summed E-state index contributed by atoms with van der Waals surface area (Å²) in [5.74, 6) is 0.0497. The third-order valence-electron chi connectivity index (χ3n) is 3.17. The van der Waals surface area contributed by atoms with Crippen LogP contribution in [0.25, 0.3) is 0 Å². The Morgan fingerprint density at radius 1 is 1.30 bits per heavy atom. The molecule has 0 bridgehead atoms. The zero-order valence-corrected chi connectivity index (χ0v) is 14.7. The molecule has 2 rings (SSSR count). The van der Waals surface area contributed by atoms with Crippen LogP contribution in [0.1, 0.15) is 15.2 Å². The van der Waals surface area contributed by atoms with Crippen LogP contribution in [0.15, 0.2) is 29.3 Å². The van der Waals surface area contributed by atoms with Crippen LogP contribution >= 0.6 is 11.3 Å². The van der Waals surface area contributed by atoms with Gasteiger partial charge in [-0.3, -0.25) is 0 Å². The topological polar surface area (TPSA) is 85.8 Å². The predicted octanol–water partition coefficient (Wildman–Crippen LogP) is 2.07. The molecule has 124 valence electrons. The first-order valence-corrected chi connectivity index (χ1v) is 8.74. The molecule has 0 atom stereocenters. The normalized spacial score (nSPS) is 11.1. The first-order valence-electron chi connectivity index (χ1n) is 6.49. The van der Waals surface area contributed by atoms with Gasteiger partial charge in [0, 0.05) is 7.05 Å². The molecule has 2 aromatic rings. The van der Waals surface area contributed by atoms with E-state index >= 15 is 0 Å². The first kappa shape index (κ1) is 17.2. The fourth-order valence-electron chi connectivity index (χ4n) is 1.88. The lowest BCUT2D eigenvalue weighted by Crippen LogP contribution is -2.26. The number of sulfonamides is 1. The molecule has 1 heterocycles. The second-order valence-electron chi connectivity index (χ2n) is 4.60. The van der Waals surface area contributed by atoms with Crippen molar-refractivity contribution in [1.29, 1.82) is 0 Å². The molecular formula is C14H16N2O5S2. The van der Waals surface area contributed by atoms with Crippen LogP contribution in [0, 0.1) is 6.92 Å². The number of rotatable bonds is 5. The van der Waals surface area contributed by atoms with E-state index in [0.29, 0.717) is 11.3 Å². The smallest absolute Gasteiger partial charge is 0.349 e. The Bertz CT molecular complexity index is 829. The van der Waals surface area contributed by atoms with E-state index in [4.69, 9.17) is 4.74 Å². The van der Waals surface area contributed by atoms with Crippen LogP contribution in [-0.4, -0.2) is 40.6 Å². The van der Waals surface area contributed by atoms with Crippen molar-refractivity contribution in [1.82, 2.24) is 4.98 Å². The lowest BCUT2D eigenvalue weighted by molar-refractivity contribution is 0.0606. The maximum atomic E-state index is 12.7. The summed E-state index contributed by atoms with van der Waals surface area (Å²) in [4.78, 5) is 15.8. The third-order valence-corrected chi connectivity index (χ3v) is 6.09. The zero-order valence-electron chi connectivity index (χ0n) is 13.1. The number of nitrogens with zero attached hydrogens (tertiary/aromatic N) is 2. The molecule has 0 aliphatic rings. The molecule has 0 N–H and O–H groups in total. The molecular weight excluding hydrogens is 340 g/mol. The highest BCUT2D eigenvalue weighted by molar-refractivity contribution is 7.93. The summed E-state index contributed by atoms with van der Waals surface area (Å²) in [5.41, 5.74) is 0.705. The Hall–Kier alpha value is -2.13. The first-order chi connectivity index (χ1) is 10.8. The van der Waals surface area contributed by atoms with Gasteiger partial charge in [-0.1, -0.05) is 11.3 Å². The molecule has 0 aliphatic heterocycles. The van der Waals surface area contributed by atoms with E-state index in [1.54, 1.807) is 13.0 Å². The predicted molar refractivity (Wildman–Crippen MR) is 86.8 cm³/mol. The number of aromatic nitrogens is 1. The minimum atomic E-state index is -3.79. The maximum absolute atomic E-state index is 12.7. The van der Waals surface area contributed by atoms with Gasteiger partial charge in [0.25, 0.3) is 10.0 Å². The molecule has 0 saturated heterocycles. The van der Waals surface area contributed by atoms with Crippen molar-refractivity contribution in [3.8, 4) is 5.75 Å². The lowest BCUT2D eigenvalue weighted by atomic mass is 10.2. The molecule has 0 aliphatic carbocycles. The Morgan fingerprint density at radius 2 is 2.00 bits per heavy atom. The van der Waals surface area contributed by atoms with Gasteiger partial charge in [0.2, 0.25) is 0 Å². The summed E-state index contributed by atoms with van der Waals surface area (Å²) in [5, 5.41) is 0.180. The number of ether oxygens (including phenoxy) is 2. The Morgan fingerprint density at radius 3 is 2.57 bits per heavy atom. The zero-order chi connectivity index (χ0) is 17.2. The van der Waals surface area contributed by atoms with E-state index in [-0.39, 0.29) is 14.9 Å². The molecule has 0 amide bonds. The van der Waals surface area contributed by atoms with Gasteiger partial charge in [-0.2, -0.15) is 0 Å². The van der Waals surface area contributed by atoms with Crippen molar-refractivity contribution < 1.29 is 22.7 Å². The number of benzene rings is 1. The van der Waals surface area contributed by atoms with E-state index in [1.807, 2.05) is 0 Å². The Balaban J connectivity index is 2.37. The van der Waals surface area contributed by atoms with Gasteiger partial charge in [-0.25, -0.2) is 22.5 Å². The fourth-order valence-corrected chi connectivity index (χ4v) is 4.12. The molecule has 1 aromatic heterocycles. The van der Waals surface area contributed by atoms with Crippen molar-refractivity contribution in [3.63, 3.8) is 0 Å². The molecule has 23 heavy (non-hydrogen) atoms. The Labute approximate surface area is 138 Å². The van der Waals surface area contributed by atoms with Crippen LogP contribution < -0.4 is 9.04 Å². The summed E-state index contributed by atoms with van der Waals surface area (Å²) < 4.78 is 36.1. The average molecular weight is 356 g/mol. The molecule has 7 nitrogen and oxygen atoms in total. The van der Waals surface area contributed by atoms with Crippen molar-refractivity contribution >= 4 is 32.5 Å². The number of thiazole rings is 1. The average Bonchev–Trinajstić information content (AvgIpc) is 3.02. The van der Waals surface area contributed by atoms with Crippen LogP contribution in [-0.2, 0) is 14.8 Å². The van der Waals surface area contributed by atoms with E-state index in [0.717, 1.165) is 15.6 Å². The number of hydrogen-bond donors (Lipinski definition) is 0. The maximum Gasteiger partial charge on any atom is 0.349 e. The van der Waals surface area contributed by atoms with Gasteiger partial charge >= 0.3 is 5.97 Å². The molecule has 0 saturated carbocycles. The van der Waals surface area contributed by atoms with Crippen molar-refractivity contribution in [3.05, 3.63) is 34.8 Å². The summed E-state index contributed by atoms with van der Waals surface area (Å²) >= 11 is 0.943. The van der Waals surface area contributed by atoms with E-state index in [1.165, 1.54) is 39.6 Å². The van der Waals surface area contributed by atoms with Crippen LogP contribution in [0.4, 0.5) is 5.13 Å². The number of carbonyl (C=O) groups excluding carboxylic acids is 1. The summed E-state index contributed by atoms with van der Waals surface area (Å²) in [6.45, 7) is 1.76. The molecule has 0 radical (unpaired) electrons. The molecule has 0 unspecified atom stereocenters. The van der Waals surface area contributed by atoms with Gasteiger partial charge in [0.05, 0.1) is 25.3 Å². The van der Waals surface area contributed by atoms with Crippen LogP contribution in [0.3, 0.4) is 0 Å². The highest BCUT2D eigenvalue weighted by Gasteiger charge is 2.25. The molecule has 1 aromatic carbocycles. The quantitative estimate of drug-likeness (QED) is 0.763. The standard InChI is InChI=1S/C14H16N2O5S2/c1-9-7-10(5-6-11(9)20-3)23(18,19)16(2)14-15-8-12(22-14)13(17)21-4/h5-8H,1-4H3. The number of esters is 1. The van der Waals surface area contributed by atoms with Gasteiger partial charge < -0.3 is 9.47 Å². The van der Waals surface area contributed by atoms with E-state index < -0.39 is 16.0 Å². The Kier molecular flexibility index (Phi) is 4.90. The summed E-state index contributed by atoms with van der Waals surface area (Å²) in [6.07, 6.45) is 1.29. The van der Waals surface area contributed by atoms with Gasteiger partial charge in [-0.15, -0.1) is 0 Å². The minimum absolute atomic E-state index is 0.119. The largest absolute Gasteiger partial charge is 0.496 e. The van der Waals surface area contributed by atoms with E-state index in [2.05, 4.69) is 9.72 Å². The molecule has 0 spiro atoms. The second kappa shape index (κ2) is 6.55.